The molecule has 1 heterocycles. The van der Waals surface area contributed by atoms with Crippen molar-refractivity contribution < 1.29 is 17.9 Å². The number of hydrogen-bond donors (Lipinski definition) is 1. The van der Waals surface area contributed by atoms with E-state index in [1.165, 1.54) is 0 Å². The average Bonchev–Trinajstić information content (AvgIpc) is 2.45. The minimum absolute atomic E-state index is 0.0785. The summed E-state index contributed by atoms with van der Waals surface area (Å²) in [7, 11) is 1.76. The lowest BCUT2D eigenvalue weighted by atomic mass is 9.55. The van der Waals surface area contributed by atoms with E-state index in [-0.39, 0.29) is 17.6 Å². The van der Waals surface area contributed by atoms with E-state index in [0.717, 1.165) is 32.4 Å². The molecule has 0 aromatic carbocycles. The molecule has 130 valence electrons. The van der Waals surface area contributed by atoms with Gasteiger partial charge in [0.1, 0.15) is 0 Å². The molecule has 3 nitrogen and oxygen atoms in total. The van der Waals surface area contributed by atoms with E-state index in [0.29, 0.717) is 12.1 Å². The highest BCUT2D eigenvalue weighted by molar-refractivity contribution is 5.12. The summed E-state index contributed by atoms with van der Waals surface area (Å²) in [4.78, 5) is 1.93. The Bertz CT molecular complexity index is 378. The molecule has 0 spiro atoms. The fourth-order valence-electron chi connectivity index (χ4n) is 3.65. The normalized spacial score (nSPS) is 33.7. The van der Waals surface area contributed by atoms with Gasteiger partial charge in [-0.1, -0.05) is 13.8 Å². The first-order valence-corrected chi connectivity index (χ1v) is 8.18. The van der Waals surface area contributed by atoms with Gasteiger partial charge in [0.25, 0.3) is 0 Å². The van der Waals surface area contributed by atoms with Crippen molar-refractivity contribution in [2.24, 2.45) is 5.41 Å². The summed E-state index contributed by atoms with van der Waals surface area (Å²) in [5.74, 6) is 0. The molecule has 22 heavy (non-hydrogen) atoms. The number of nitrogens with zero attached hydrogens (tertiary/aromatic N) is 1. The molecular weight excluding hydrogens is 293 g/mol. The maximum Gasteiger partial charge on any atom is 0.390 e. The summed E-state index contributed by atoms with van der Waals surface area (Å²) in [6.45, 7) is 8.22. The molecule has 1 saturated carbocycles. The molecule has 2 rings (SSSR count). The zero-order chi connectivity index (χ0) is 16.6. The lowest BCUT2D eigenvalue weighted by molar-refractivity contribution is -0.183. The number of nitrogens with one attached hydrogen (secondary N) is 1. The van der Waals surface area contributed by atoms with Gasteiger partial charge in [0.2, 0.25) is 0 Å². The van der Waals surface area contributed by atoms with Gasteiger partial charge in [-0.05, 0) is 39.3 Å². The van der Waals surface area contributed by atoms with Crippen LogP contribution in [0.4, 0.5) is 13.2 Å². The van der Waals surface area contributed by atoms with E-state index in [1.807, 2.05) is 4.90 Å². The van der Waals surface area contributed by atoms with E-state index in [1.54, 1.807) is 7.11 Å². The van der Waals surface area contributed by atoms with E-state index in [4.69, 9.17) is 4.74 Å². The lowest BCUT2D eigenvalue weighted by Gasteiger charge is -2.60. The third-order valence-corrected chi connectivity index (χ3v) is 6.01. The summed E-state index contributed by atoms with van der Waals surface area (Å²) in [5, 5.41) is 3.70. The molecule has 0 bridgehead atoms. The minimum atomic E-state index is -4.05. The quantitative estimate of drug-likeness (QED) is 0.841. The summed E-state index contributed by atoms with van der Waals surface area (Å²) in [6, 6.07) is 0.831. The van der Waals surface area contributed by atoms with Gasteiger partial charge in [-0.3, -0.25) is 0 Å². The highest BCUT2D eigenvalue weighted by Crippen LogP contribution is 2.51. The zero-order valence-electron chi connectivity index (χ0n) is 14.1. The van der Waals surface area contributed by atoms with E-state index < -0.39 is 12.6 Å². The van der Waals surface area contributed by atoms with Gasteiger partial charge in [0.05, 0.1) is 12.0 Å². The molecule has 1 aliphatic heterocycles. The van der Waals surface area contributed by atoms with Crippen LogP contribution in [0.3, 0.4) is 0 Å². The van der Waals surface area contributed by atoms with E-state index >= 15 is 0 Å². The predicted molar refractivity (Wildman–Crippen MR) is 80.9 cm³/mol. The van der Waals surface area contributed by atoms with Crippen molar-refractivity contribution in [3.05, 3.63) is 0 Å². The number of rotatable bonds is 5. The van der Waals surface area contributed by atoms with Gasteiger partial charge in [-0.25, -0.2) is 0 Å². The van der Waals surface area contributed by atoms with Gasteiger partial charge in [0, 0.05) is 31.2 Å². The summed E-state index contributed by atoms with van der Waals surface area (Å²) in [6.07, 6.45) is -1.91. The van der Waals surface area contributed by atoms with Gasteiger partial charge >= 0.3 is 6.18 Å². The summed E-state index contributed by atoms with van der Waals surface area (Å²) < 4.78 is 42.4. The molecule has 0 unspecified atom stereocenters. The smallest absolute Gasteiger partial charge is 0.378 e. The lowest BCUT2D eigenvalue weighted by Crippen LogP contribution is -2.69. The first-order valence-electron chi connectivity index (χ1n) is 8.18. The highest BCUT2D eigenvalue weighted by atomic mass is 19.4. The number of ether oxygens (including phenoxy) is 1. The van der Waals surface area contributed by atoms with Crippen LogP contribution in [0.15, 0.2) is 0 Å². The second kappa shape index (κ2) is 6.29. The van der Waals surface area contributed by atoms with Crippen LogP contribution >= 0.6 is 0 Å². The monoisotopic (exact) mass is 322 g/mol. The Morgan fingerprint density at radius 2 is 1.77 bits per heavy atom. The van der Waals surface area contributed by atoms with Crippen LogP contribution in [-0.4, -0.2) is 55.5 Å². The third kappa shape index (κ3) is 3.77. The molecule has 1 saturated heterocycles. The van der Waals surface area contributed by atoms with Crippen LogP contribution in [0.25, 0.3) is 0 Å². The van der Waals surface area contributed by atoms with Crippen molar-refractivity contribution in [1.82, 2.24) is 10.2 Å². The number of methoxy groups -OCH3 is 1. The van der Waals surface area contributed by atoms with Crippen LogP contribution < -0.4 is 5.32 Å². The molecule has 0 radical (unpaired) electrons. The molecule has 0 aromatic heterocycles. The van der Waals surface area contributed by atoms with Crippen molar-refractivity contribution in [1.29, 1.82) is 0 Å². The Morgan fingerprint density at radius 1 is 1.18 bits per heavy atom. The maximum absolute atomic E-state index is 12.3. The van der Waals surface area contributed by atoms with Crippen molar-refractivity contribution in [3.8, 4) is 0 Å². The topological polar surface area (TPSA) is 24.5 Å². The van der Waals surface area contributed by atoms with Gasteiger partial charge in [-0.2, -0.15) is 13.2 Å². The molecule has 2 aliphatic rings. The Hall–Kier alpha value is -0.330. The Labute approximate surface area is 131 Å². The standard InChI is InChI=1S/C16H29F3N2O/c1-14(2)13(11-15(14,3)22-4)20-12-5-8-21(9-6-12)10-7-16(17,18)19/h12-13,20H,5-11H2,1-4H3/t13-,15+/m1/s1. The number of alkyl halides is 3. The van der Waals surface area contributed by atoms with Gasteiger partial charge in [0.15, 0.2) is 0 Å². The predicted octanol–water partition coefficient (Wildman–Crippen LogP) is 3.20. The van der Waals surface area contributed by atoms with Crippen molar-refractivity contribution in [3.63, 3.8) is 0 Å². The van der Waals surface area contributed by atoms with Gasteiger partial charge in [-0.15, -0.1) is 0 Å². The van der Waals surface area contributed by atoms with E-state index in [2.05, 4.69) is 26.1 Å². The second-order valence-corrected chi connectivity index (χ2v) is 7.56. The molecule has 2 fully saturated rings. The zero-order valence-corrected chi connectivity index (χ0v) is 14.1. The SMILES string of the molecule is CO[C@@]1(C)C[C@@H](NC2CCN(CCC(F)(F)F)CC2)C1(C)C. The Balaban J connectivity index is 1.73. The molecule has 0 amide bonds. The summed E-state index contributed by atoms with van der Waals surface area (Å²) in [5.41, 5.74) is -0.00670. The van der Waals surface area contributed by atoms with Crippen molar-refractivity contribution in [2.75, 3.05) is 26.7 Å². The maximum atomic E-state index is 12.3. The highest BCUT2D eigenvalue weighted by Gasteiger charge is 2.57. The first-order chi connectivity index (χ1) is 10.1. The van der Waals surface area contributed by atoms with Crippen molar-refractivity contribution in [2.45, 2.75) is 70.3 Å². The van der Waals surface area contributed by atoms with Gasteiger partial charge < -0.3 is 15.0 Å². The number of hydrogen-bond acceptors (Lipinski definition) is 3. The Kier molecular flexibility index (Phi) is 5.15. The van der Waals surface area contributed by atoms with Crippen LogP contribution in [0.1, 0.15) is 46.5 Å². The Morgan fingerprint density at radius 3 is 2.23 bits per heavy atom. The van der Waals surface area contributed by atoms with Crippen LogP contribution in [0, 0.1) is 5.41 Å². The van der Waals surface area contributed by atoms with Crippen LogP contribution in [0.2, 0.25) is 0 Å². The van der Waals surface area contributed by atoms with E-state index in [9.17, 15) is 13.2 Å². The summed E-state index contributed by atoms with van der Waals surface area (Å²) >= 11 is 0. The third-order valence-electron chi connectivity index (χ3n) is 6.01. The largest absolute Gasteiger partial charge is 0.390 e. The first kappa shape index (κ1) is 18.0. The molecule has 1 N–H and O–H groups in total. The van der Waals surface area contributed by atoms with Crippen molar-refractivity contribution >= 4 is 0 Å². The fraction of sp³-hybridized carbons (Fsp3) is 1.00. The molecule has 2 atom stereocenters. The number of halogens is 3. The molecule has 1 aliphatic carbocycles. The minimum Gasteiger partial charge on any atom is -0.378 e. The van der Waals surface area contributed by atoms with Crippen LogP contribution in [0.5, 0.6) is 0 Å². The molecular formula is C16H29F3N2O. The molecule has 6 heteroatoms. The number of likely N-dealkylation sites (tertiary alicyclic amines) is 1. The number of piperidine rings is 1. The molecule has 0 aromatic rings. The fourth-order valence-corrected chi connectivity index (χ4v) is 3.65. The average molecular weight is 322 g/mol. The second-order valence-electron chi connectivity index (χ2n) is 7.56. The van der Waals surface area contributed by atoms with Crippen LogP contribution in [-0.2, 0) is 4.74 Å².